The number of nitrogens with one attached hydrogen (secondary N) is 2. The van der Waals surface area contributed by atoms with E-state index in [1.807, 2.05) is 31.2 Å². The Balaban J connectivity index is 1.22. The van der Waals surface area contributed by atoms with Crippen molar-refractivity contribution in [1.29, 1.82) is 0 Å². The van der Waals surface area contributed by atoms with Gasteiger partial charge in [0.1, 0.15) is 29.0 Å². The second-order valence-corrected chi connectivity index (χ2v) is 14.9. The lowest BCUT2D eigenvalue weighted by atomic mass is 9.73. The summed E-state index contributed by atoms with van der Waals surface area (Å²) in [4.78, 5) is 52.8. The van der Waals surface area contributed by atoms with Crippen LogP contribution in [0.5, 0.6) is 17.2 Å². The summed E-state index contributed by atoms with van der Waals surface area (Å²) in [5.41, 5.74) is 4.93. The standard InChI is InChI=1S/C44H55N3O8/c1-6-8-9-14-29-24-35(48)39(33-23-28(5)18-20-32(33)27(3)4)37(25-29)55-44(53)45-22-12-16-31-19-21-34-40(42(50)47(34)41(31)43(51)52)46-38(49)26-54-36-17-11-10-15-30(36)13-7-2/h10-12,15-17,23-25,32-34,40,48H,3,6-9,13-14,18-22,26H2,1-2,4-5H3,(H,45,53)(H,46,49)(H,51,52)/b16-12+/t32-,33+,34+,40-/m0/s1. The first kappa shape index (κ1) is 40.9. The molecule has 3 aliphatic rings. The van der Waals surface area contributed by atoms with Crippen LogP contribution in [-0.2, 0) is 27.2 Å². The smallest absolute Gasteiger partial charge is 0.412 e. The monoisotopic (exact) mass is 753 g/mol. The summed E-state index contributed by atoms with van der Waals surface area (Å²) in [5.74, 6) is -1.32. The van der Waals surface area contributed by atoms with Gasteiger partial charge in [0.2, 0.25) is 0 Å². The van der Waals surface area contributed by atoms with E-state index in [0.29, 0.717) is 35.5 Å². The van der Waals surface area contributed by atoms with Gasteiger partial charge in [0, 0.05) is 18.0 Å². The predicted octanol–water partition coefficient (Wildman–Crippen LogP) is 7.65. The van der Waals surface area contributed by atoms with Gasteiger partial charge in [0.05, 0.1) is 6.04 Å². The number of aliphatic carboxylic acids is 1. The number of para-hydroxylation sites is 1. The third-order valence-corrected chi connectivity index (χ3v) is 10.7. The molecule has 0 bridgehead atoms. The zero-order valence-corrected chi connectivity index (χ0v) is 32.5. The van der Waals surface area contributed by atoms with Crippen LogP contribution in [0.4, 0.5) is 4.79 Å². The maximum atomic E-state index is 13.2. The van der Waals surface area contributed by atoms with Crippen molar-refractivity contribution in [2.24, 2.45) is 5.92 Å². The number of amides is 3. The van der Waals surface area contributed by atoms with Crippen molar-refractivity contribution >= 4 is 23.9 Å². The SMILES string of the molecule is C=C(C)[C@@H]1CCC(C)=C[C@H]1c1c(O)cc(CCCCC)cc1OC(=O)NC/C=C/C1=C(C(=O)O)N2C(=O)[C@@H](NC(=O)COc3ccccc3CCC)[C@H]2CC1. The summed E-state index contributed by atoms with van der Waals surface area (Å²) >= 11 is 0. The number of allylic oxidation sites excluding steroid dienone is 5. The van der Waals surface area contributed by atoms with Gasteiger partial charge < -0.3 is 30.3 Å². The van der Waals surface area contributed by atoms with Crippen molar-refractivity contribution in [2.45, 2.75) is 110 Å². The van der Waals surface area contributed by atoms with Gasteiger partial charge in [-0.15, -0.1) is 0 Å². The van der Waals surface area contributed by atoms with Crippen molar-refractivity contribution in [3.8, 4) is 17.2 Å². The topological polar surface area (TPSA) is 154 Å². The summed E-state index contributed by atoms with van der Waals surface area (Å²) in [6.07, 6.45) is 12.8. The quantitative estimate of drug-likeness (QED) is 0.0730. The van der Waals surface area contributed by atoms with E-state index in [0.717, 1.165) is 68.1 Å². The molecular weight excluding hydrogens is 698 g/mol. The number of carboxylic acid groups (broad SMARTS) is 1. The summed E-state index contributed by atoms with van der Waals surface area (Å²) < 4.78 is 11.6. The molecule has 1 aliphatic carbocycles. The Morgan fingerprint density at radius 3 is 2.55 bits per heavy atom. The molecule has 294 valence electrons. The first-order valence-corrected chi connectivity index (χ1v) is 19.5. The number of benzene rings is 2. The Bertz CT molecular complexity index is 1880. The van der Waals surface area contributed by atoms with Crippen LogP contribution < -0.4 is 20.1 Å². The van der Waals surface area contributed by atoms with E-state index < -0.39 is 36.0 Å². The fourth-order valence-corrected chi connectivity index (χ4v) is 7.93. The number of carbonyl (C=O) groups is 4. The van der Waals surface area contributed by atoms with Crippen molar-refractivity contribution < 1.29 is 38.9 Å². The number of ether oxygens (including phenoxy) is 2. The Kier molecular flexibility index (Phi) is 14.0. The molecule has 0 aromatic heterocycles. The van der Waals surface area contributed by atoms with E-state index in [1.54, 1.807) is 24.3 Å². The molecule has 2 aromatic carbocycles. The zero-order valence-electron chi connectivity index (χ0n) is 32.5. The molecule has 3 amide bonds. The van der Waals surface area contributed by atoms with Gasteiger partial charge in [-0.25, -0.2) is 9.59 Å². The fourth-order valence-electron chi connectivity index (χ4n) is 7.93. The normalized spacial score (nSPS) is 20.7. The zero-order chi connectivity index (χ0) is 39.6. The van der Waals surface area contributed by atoms with Crippen LogP contribution in [0.3, 0.4) is 0 Å². The number of carbonyl (C=O) groups excluding carboxylic acids is 3. The summed E-state index contributed by atoms with van der Waals surface area (Å²) in [5, 5.41) is 26.9. The van der Waals surface area contributed by atoms with Crippen LogP contribution >= 0.6 is 0 Å². The van der Waals surface area contributed by atoms with Crippen molar-refractivity contribution in [1.82, 2.24) is 15.5 Å². The third-order valence-electron chi connectivity index (χ3n) is 10.7. The summed E-state index contributed by atoms with van der Waals surface area (Å²) in [6.45, 7) is 12.2. The minimum absolute atomic E-state index is 0.0288. The number of carboxylic acids is 1. The number of hydrogen-bond acceptors (Lipinski definition) is 7. The van der Waals surface area contributed by atoms with Gasteiger partial charge in [-0.2, -0.15) is 0 Å². The number of nitrogens with zero attached hydrogens (tertiary/aromatic N) is 1. The van der Waals surface area contributed by atoms with E-state index in [1.165, 1.54) is 10.5 Å². The number of hydrogen-bond donors (Lipinski definition) is 4. The second kappa shape index (κ2) is 18.8. The van der Waals surface area contributed by atoms with Crippen molar-refractivity contribution in [3.05, 3.63) is 100 Å². The molecule has 4 atom stereocenters. The van der Waals surface area contributed by atoms with E-state index in [9.17, 15) is 29.4 Å². The van der Waals surface area contributed by atoms with Crippen LogP contribution in [0.2, 0.25) is 0 Å². The average Bonchev–Trinajstić information content (AvgIpc) is 3.14. The molecule has 0 spiro atoms. The molecule has 11 nitrogen and oxygen atoms in total. The summed E-state index contributed by atoms with van der Waals surface area (Å²) in [6, 6.07) is 9.79. The Morgan fingerprint density at radius 1 is 1.04 bits per heavy atom. The largest absolute Gasteiger partial charge is 0.507 e. The van der Waals surface area contributed by atoms with Crippen LogP contribution in [0.25, 0.3) is 0 Å². The maximum absolute atomic E-state index is 13.2. The molecule has 55 heavy (non-hydrogen) atoms. The van der Waals surface area contributed by atoms with Crippen LogP contribution in [0.1, 0.15) is 102 Å². The molecule has 4 N–H and O–H groups in total. The molecule has 2 aliphatic heterocycles. The number of fused-ring (bicyclic) bond motifs is 1. The van der Waals surface area contributed by atoms with Gasteiger partial charge in [-0.3, -0.25) is 14.5 Å². The minimum Gasteiger partial charge on any atom is -0.507 e. The molecule has 1 fully saturated rings. The van der Waals surface area contributed by atoms with Crippen LogP contribution in [0.15, 0.2) is 83.6 Å². The number of β-lactam (4-membered cyclic amide) rings is 1. The number of rotatable bonds is 17. The molecule has 0 unspecified atom stereocenters. The molecular formula is C44H55N3O8. The molecule has 1 saturated heterocycles. The highest BCUT2D eigenvalue weighted by Gasteiger charge is 2.53. The van der Waals surface area contributed by atoms with Crippen LogP contribution in [-0.4, -0.2) is 64.2 Å². The van der Waals surface area contributed by atoms with Gasteiger partial charge >= 0.3 is 12.1 Å². The molecule has 2 aromatic rings. The Morgan fingerprint density at radius 2 is 1.82 bits per heavy atom. The number of unbranched alkanes of at least 4 members (excludes halogenated alkanes) is 2. The minimum atomic E-state index is -1.25. The summed E-state index contributed by atoms with van der Waals surface area (Å²) in [7, 11) is 0. The van der Waals surface area contributed by atoms with Crippen LogP contribution in [0, 0.1) is 5.92 Å². The van der Waals surface area contributed by atoms with Gasteiger partial charge in [-0.1, -0.05) is 87.3 Å². The Hall–Kier alpha value is -5.32. The highest BCUT2D eigenvalue weighted by molar-refractivity contribution is 6.02. The van der Waals surface area contributed by atoms with E-state index >= 15 is 0 Å². The first-order chi connectivity index (χ1) is 26.4. The number of phenols is 1. The average molecular weight is 754 g/mol. The number of aryl methyl sites for hydroxylation is 2. The lowest BCUT2D eigenvalue weighted by molar-refractivity contribution is -0.156. The first-order valence-electron chi connectivity index (χ1n) is 19.5. The molecule has 0 saturated carbocycles. The molecule has 11 heteroatoms. The lowest BCUT2D eigenvalue weighted by Gasteiger charge is -2.50. The van der Waals surface area contributed by atoms with Crippen molar-refractivity contribution in [3.63, 3.8) is 0 Å². The van der Waals surface area contributed by atoms with Crippen molar-refractivity contribution in [2.75, 3.05) is 13.2 Å². The maximum Gasteiger partial charge on any atom is 0.412 e. The highest BCUT2D eigenvalue weighted by atomic mass is 16.6. The third kappa shape index (κ3) is 9.87. The van der Waals surface area contributed by atoms with E-state index in [2.05, 4.69) is 44.1 Å². The Labute approximate surface area is 324 Å². The highest BCUT2D eigenvalue weighted by Crippen LogP contribution is 2.47. The predicted molar refractivity (Wildman–Crippen MR) is 211 cm³/mol. The second-order valence-electron chi connectivity index (χ2n) is 14.9. The van der Waals surface area contributed by atoms with E-state index in [-0.39, 0.29) is 36.4 Å². The number of aromatic hydroxyl groups is 1. The molecule has 2 heterocycles. The van der Waals surface area contributed by atoms with Gasteiger partial charge in [-0.05, 0) is 99.6 Å². The van der Waals surface area contributed by atoms with Gasteiger partial charge in [0.15, 0.2) is 6.61 Å². The molecule has 5 rings (SSSR count). The fraction of sp³-hybridized carbons (Fsp3) is 0.455. The van der Waals surface area contributed by atoms with Gasteiger partial charge in [0.25, 0.3) is 11.8 Å². The van der Waals surface area contributed by atoms with E-state index in [4.69, 9.17) is 9.47 Å². The lowest BCUT2D eigenvalue weighted by Crippen LogP contribution is -2.71. The molecule has 0 radical (unpaired) electrons. The number of phenolic OH excluding ortho intramolecular Hbond substituents is 1.